The molecule has 0 saturated carbocycles. The number of nitrogens with one attached hydrogen (secondary N) is 1. The molecule has 1 fully saturated rings. The minimum absolute atomic E-state index is 0.352. The third-order valence-electron chi connectivity index (χ3n) is 6.96. The van der Waals surface area contributed by atoms with Gasteiger partial charge in [-0.3, -0.25) is 0 Å². The van der Waals surface area contributed by atoms with Crippen LogP contribution >= 0.6 is 0 Å². The molecule has 4 heterocycles. The largest absolute Gasteiger partial charge is 0.493 e. The first-order valence-corrected chi connectivity index (χ1v) is 12.2. The molecular weight excluding hydrogens is 426 g/mol. The molecule has 0 amide bonds. The van der Waals surface area contributed by atoms with Crippen molar-refractivity contribution in [1.29, 1.82) is 0 Å². The molecule has 0 atom stereocenters. The molecule has 0 unspecified atom stereocenters. The molecule has 180 valence electrons. The number of methoxy groups -OCH3 is 1. The summed E-state index contributed by atoms with van der Waals surface area (Å²) in [4.78, 5) is 10.4. The third-order valence-corrected chi connectivity index (χ3v) is 6.96. The van der Waals surface area contributed by atoms with Crippen LogP contribution in [0.1, 0.15) is 63.5 Å². The van der Waals surface area contributed by atoms with Crippen LogP contribution in [0.3, 0.4) is 0 Å². The average molecular weight is 462 g/mol. The molecule has 34 heavy (non-hydrogen) atoms. The van der Waals surface area contributed by atoms with Gasteiger partial charge in [0.2, 0.25) is 0 Å². The first kappa shape index (κ1) is 22.9. The Kier molecular flexibility index (Phi) is 5.86. The van der Waals surface area contributed by atoms with Gasteiger partial charge < -0.3 is 19.7 Å². The fourth-order valence-corrected chi connectivity index (χ4v) is 5.47. The Bertz CT molecular complexity index is 1310. The molecule has 3 aromatic heterocycles. The predicted octanol–water partition coefficient (Wildman–Crippen LogP) is 4.96. The van der Waals surface area contributed by atoms with E-state index in [1.54, 1.807) is 18.0 Å². The van der Waals surface area contributed by atoms with E-state index in [0.29, 0.717) is 23.2 Å². The minimum Gasteiger partial charge on any atom is -0.493 e. The van der Waals surface area contributed by atoms with E-state index >= 15 is 0 Å². The maximum absolute atomic E-state index is 10.2. The number of aliphatic hydroxyl groups is 1. The Morgan fingerprint density at radius 2 is 1.97 bits per heavy atom. The van der Waals surface area contributed by atoms with E-state index in [-0.39, 0.29) is 0 Å². The number of hydrogen-bond donors (Lipinski definition) is 2. The van der Waals surface area contributed by atoms with Gasteiger partial charge in [0.25, 0.3) is 0 Å². The molecule has 1 aromatic carbocycles. The van der Waals surface area contributed by atoms with Gasteiger partial charge in [0.1, 0.15) is 6.33 Å². The molecular formula is C27H35N5O2. The van der Waals surface area contributed by atoms with Crippen LogP contribution in [0.15, 0.2) is 36.8 Å². The SMILES string of the molecule is COc1cc(-c2[nH]c3ccc(C4CCN(CC(C)(C)O)CC4)cc3c2C(C)C)cn2ncnc12. The molecule has 0 radical (unpaired) electrons. The number of H-pyrrole nitrogens is 1. The van der Waals surface area contributed by atoms with Crippen LogP contribution < -0.4 is 4.74 Å². The van der Waals surface area contributed by atoms with E-state index in [1.165, 1.54) is 16.5 Å². The maximum Gasteiger partial charge on any atom is 0.197 e. The quantitative estimate of drug-likeness (QED) is 0.424. The van der Waals surface area contributed by atoms with E-state index in [2.05, 4.69) is 52.0 Å². The Morgan fingerprint density at radius 3 is 2.65 bits per heavy atom. The van der Waals surface area contributed by atoms with Gasteiger partial charge in [-0.25, -0.2) is 9.50 Å². The van der Waals surface area contributed by atoms with Crippen LogP contribution in [0.2, 0.25) is 0 Å². The highest BCUT2D eigenvalue weighted by atomic mass is 16.5. The lowest BCUT2D eigenvalue weighted by Gasteiger charge is -2.35. The smallest absolute Gasteiger partial charge is 0.197 e. The van der Waals surface area contributed by atoms with Gasteiger partial charge in [-0.1, -0.05) is 19.9 Å². The van der Waals surface area contributed by atoms with Crippen LogP contribution in [0.4, 0.5) is 0 Å². The van der Waals surface area contributed by atoms with Crippen LogP contribution in [-0.2, 0) is 0 Å². The Morgan fingerprint density at radius 1 is 1.21 bits per heavy atom. The van der Waals surface area contributed by atoms with Crippen molar-refractivity contribution in [3.63, 3.8) is 0 Å². The van der Waals surface area contributed by atoms with Crippen molar-refractivity contribution < 1.29 is 9.84 Å². The number of hydrogen-bond acceptors (Lipinski definition) is 5. The topological polar surface area (TPSA) is 78.7 Å². The van der Waals surface area contributed by atoms with Gasteiger partial charge in [0.15, 0.2) is 11.4 Å². The summed E-state index contributed by atoms with van der Waals surface area (Å²) in [6, 6.07) is 8.95. The zero-order valence-electron chi connectivity index (χ0n) is 20.8. The summed E-state index contributed by atoms with van der Waals surface area (Å²) in [5, 5.41) is 15.8. The monoisotopic (exact) mass is 461 g/mol. The molecule has 0 spiro atoms. The van der Waals surface area contributed by atoms with Crippen LogP contribution in [-0.4, -0.2) is 61.9 Å². The van der Waals surface area contributed by atoms with Crippen molar-refractivity contribution in [3.8, 4) is 17.0 Å². The van der Waals surface area contributed by atoms with E-state index < -0.39 is 5.60 Å². The molecule has 5 rings (SSSR count). The molecule has 7 nitrogen and oxygen atoms in total. The number of nitrogens with zero attached hydrogens (tertiary/aromatic N) is 4. The molecule has 7 heteroatoms. The van der Waals surface area contributed by atoms with E-state index in [4.69, 9.17) is 4.74 Å². The maximum atomic E-state index is 10.2. The lowest BCUT2D eigenvalue weighted by molar-refractivity contribution is 0.0282. The number of aromatic amines is 1. The van der Waals surface area contributed by atoms with Gasteiger partial charge in [-0.05, 0) is 80.9 Å². The van der Waals surface area contributed by atoms with Crippen LogP contribution in [0.5, 0.6) is 5.75 Å². The van der Waals surface area contributed by atoms with Crippen molar-refractivity contribution in [2.24, 2.45) is 0 Å². The summed E-state index contributed by atoms with van der Waals surface area (Å²) < 4.78 is 7.38. The van der Waals surface area contributed by atoms with Crippen LogP contribution in [0, 0.1) is 0 Å². The average Bonchev–Trinajstić information content (AvgIpc) is 3.42. The zero-order chi connectivity index (χ0) is 24.0. The van der Waals surface area contributed by atoms with Gasteiger partial charge in [0.05, 0.1) is 18.4 Å². The number of benzene rings is 1. The fourth-order valence-electron chi connectivity index (χ4n) is 5.47. The van der Waals surface area contributed by atoms with Crippen molar-refractivity contribution in [2.45, 2.75) is 58.0 Å². The van der Waals surface area contributed by atoms with Crippen molar-refractivity contribution in [1.82, 2.24) is 24.5 Å². The highest BCUT2D eigenvalue weighted by molar-refractivity contribution is 5.92. The Hall–Kier alpha value is -2.90. The molecule has 1 aliphatic heterocycles. The molecule has 1 saturated heterocycles. The third kappa shape index (κ3) is 4.30. The number of fused-ring (bicyclic) bond motifs is 2. The van der Waals surface area contributed by atoms with E-state index in [0.717, 1.165) is 49.2 Å². The van der Waals surface area contributed by atoms with Crippen molar-refractivity contribution in [3.05, 3.63) is 47.9 Å². The number of pyridine rings is 1. The Balaban J connectivity index is 1.50. The van der Waals surface area contributed by atoms with Crippen LogP contribution in [0.25, 0.3) is 27.8 Å². The molecule has 0 bridgehead atoms. The standard InChI is InChI=1S/C27H35N5O2/c1-17(2)24-21-12-19(18-8-10-31(11-9-18)15-27(3,4)33)6-7-22(21)30-25(24)20-13-23(34-5)26-28-16-29-32(26)14-20/h6-7,12-14,16-18,30,33H,8-11,15H2,1-5H3. The molecule has 1 aliphatic rings. The minimum atomic E-state index is -0.642. The van der Waals surface area contributed by atoms with Gasteiger partial charge in [-0.15, -0.1) is 0 Å². The predicted molar refractivity (Wildman–Crippen MR) is 136 cm³/mol. The van der Waals surface area contributed by atoms with E-state index in [9.17, 15) is 5.11 Å². The lowest BCUT2D eigenvalue weighted by atomic mass is 9.87. The second kappa shape index (κ2) is 8.71. The lowest BCUT2D eigenvalue weighted by Crippen LogP contribution is -2.42. The highest BCUT2D eigenvalue weighted by Crippen LogP contribution is 2.39. The number of rotatable bonds is 6. The second-order valence-corrected chi connectivity index (χ2v) is 10.6. The van der Waals surface area contributed by atoms with Crippen molar-refractivity contribution in [2.75, 3.05) is 26.7 Å². The highest BCUT2D eigenvalue weighted by Gasteiger charge is 2.26. The van der Waals surface area contributed by atoms with Crippen molar-refractivity contribution >= 4 is 16.6 Å². The fraction of sp³-hybridized carbons (Fsp3) is 0.481. The summed E-state index contributed by atoms with van der Waals surface area (Å²) >= 11 is 0. The number of piperidine rings is 1. The summed E-state index contributed by atoms with van der Waals surface area (Å²) in [6.45, 7) is 11.1. The Labute approximate surface area is 200 Å². The summed E-state index contributed by atoms with van der Waals surface area (Å²) in [6.07, 6.45) is 5.81. The molecule has 2 N–H and O–H groups in total. The summed E-state index contributed by atoms with van der Waals surface area (Å²) in [7, 11) is 1.67. The number of ether oxygens (including phenoxy) is 1. The first-order chi connectivity index (χ1) is 16.2. The van der Waals surface area contributed by atoms with Gasteiger partial charge in [-0.2, -0.15) is 5.10 Å². The molecule has 0 aliphatic carbocycles. The van der Waals surface area contributed by atoms with Gasteiger partial charge in [0, 0.05) is 29.2 Å². The zero-order valence-corrected chi connectivity index (χ0v) is 20.8. The number of likely N-dealkylation sites (tertiary alicyclic amines) is 1. The first-order valence-electron chi connectivity index (χ1n) is 12.2. The molecule has 4 aromatic rings. The number of β-amino-alcohol motifs (C(OH)–C–C–N with tert-alkyl or cyclic N) is 1. The summed E-state index contributed by atoms with van der Waals surface area (Å²) in [5.74, 6) is 1.61. The number of aromatic nitrogens is 4. The van der Waals surface area contributed by atoms with E-state index in [1.807, 2.05) is 26.1 Å². The second-order valence-electron chi connectivity index (χ2n) is 10.6. The van der Waals surface area contributed by atoms with Gasteiger partial charge >= 0.3 is 0 Å². The summed E-state index contributed by atoms with van der Waals surface area (Å²) in [5.41, 5.74) is 6.10. The normalized spacial score (nSPS) is 16.2.